The molecule has 0 aliphatic rings. The van der Waals surface area contributed by atoms with E-state index in [0.29, 0.717) is 28.3 Å². The van der Waals surface area contributed by atoms with Gasteiger partial charge in [0.1, 0.15) is 0 Å². The number of carbonyl (C=O) groups excluding carboxylic acids is 1. The van der Waals surface area contributed by atoms with Crippen LogP contribution in [0.5, 0.6) is 11.5 Å². The Bertz CT molecular complexity index is 425. The first-order chi connectivity index (χ1) is 7.62. The van der Waals surface area contributed by atoms with E-state index in [-0.39, 0.29) is 0 Å². The van der Waals surface area contributed by atoms with Crippen LogP contribution < -0.4 is 15.2 Å². The predicted octanol–water partition coefficient (Wildman–Crippen LogP) is 1.80. The van der Waals surface area contributed by atoms with Gasteiger partial charge in [-0.25, -0.2) is 0 Å². The minimum atomic E-state index is 0.471. The van der Waals surface area contributed by atoms with Gasteiger partial charge < -0.3 is 15.2 Å². The van der Waals surface area contributed by atoms with Crippen LogP contribution in [0.1, 0.15) is 12.5 Å². The van der Waals surface area contributed by atoms with Crippen LogP contribution in [-0.4, -0.2) is 20.5 Å². The maximum Gasteiger partial charge on any atom is 0.228 e. The van der Waals surface area contributed by atoms with Gasteiger partial charge in [0.25, 0.3) is 0 Å². The molecule has 0 bridgehead atoms. The molecule has 0 aliphatic carbocycles. The second kappa shape index (κ2) is 5.21. The molecule has 0 atom stereocenters. The number of rotatable bonds is 4. The Hall–Kier alpha value is -1.97. The normalized spacial score (nSPS) is 11.1. The molecule has 0 amide bonds. The summed E-state index contributed by atoms with van der Waals surface area (Å²) < 4.78 is 10.2. The number of hydrogen-bond donors (Lipinski definition) is 1. The summed E-state index contributed by atoms with van der Waals surface area (Å²) >= 11 is 0. The van der Waals surface area contributed by atoms with Gasteiger partial charge in [-0.3, -0.25) is 4.79 Å². The number of anilines is 1. The monoisotopic (exact) mass is 220 g/mol. The quantitative estimate of drug-likeness (QED) is 0.620. The van der Waals surface area contributed by atoms with E-state index < -0.39 is 0 Å². The molecule has 0 heterocycles. The minimum Gasteiger partial charge on any atom is -0.493 e. The molecule has 16 heavy (non-hydrogen) atoms. The number of nitrogen functional groups attached to an aromatic ring is 1. The second-order valence-electron chi connectivity index (χ2n) is 3.27. The Balaban J connectivity index is 3.26. The summed E-state index contributed by atoms with van der Waals surface area (Å²) in [7, 11) is 3.08. The molecular formula is C12H14NO3. The zero-order chi connectivity index (χ0) is 12.1. The largest absolute Gasteiger partial charge is 0.493 e. The van der Waals surface area contributed by atoms with E-state index in [1.54, 1.807) is 38.5 Å². The molecule has 0 saturated heterocycles. The first-order valence-corrected chi connectivity index (χ1v) is 4.70. The van der Waals surface area contributed by atoms with Crippen molar-refractivity contribution in [1.82, 2.24) is 0 Å². The van der Waals surface area contributed by atoms with E-state index in [1.165, 1.54) is 7.11 Å². The molecule has 0 aliphatic heterocycles. The van der Waals surface area contributed by atoms with Crippen molar-refractivity contribution >= 4 is 18.0 Å². The molecule has 0 saturated carbocycles. The summed E-state index contributed by atoms with van der Waals surface area (Å²) in [5.74, 6) is 1.13. The predicted molar refractivity (Wildman–Crippen MR) is 63.3 cm³/mol. The summed E-state index contributed by atoms with van der Waals surface area (Å²) in [6.07, 6.45) is 3.43. The Kier molecular flexibility index (Phi) is 3.94. The summed E-state index contributed by atoms with van der Waals surface area (Å²) in [5, 5.41) is 0. The van der Waals surface area contributed by atoms with Gasteiger partial charge >= 0.3 is 0 Å². The molecule has 2 N–H and O–H groups in total. The Labute approximate surface area is 94.7 Å². The van der Waals surface area contributed by atoms with Gasteiger partial charge in [0.05, 0.1) is 14.2 Å². The highest BCUT2D eigenvalue weighted by atomic mass is 16.5. The van der Waals surface area contributed by atoms with Crippen LogP contribution >= 0.6 is 0 Å². The molecule has 1 radical (unpaired) electrons. The van der Waals surface area contributed by atoms with E-state index >= 15 is 0 Å². The fraction of sp³-hybridized carbons (Fsp3) is 0.250. The fourth-order valence-electron chi connectivity index (χ4n) is 1.30. The van der Waals surface area contributed by atoms with Gasteiger partial charge in [-0.1, -0.05) is 0 Å². The summed E-state index contributed by atoms with van der Waals surface area (Å²) in [5.41, 5.74) is 7.51. The number of nitrogens with two attached hydrogens (primary N) is 1. The van der Waals surface area contributed by atoms with E-state index in [0.717, 1.165) is 0 Å². The molecule has 1 aromatic carbocycles. The fourth-order valence-corrected chi connectivity index (χ4v) is 1.30. The highest BCUT2D eigenvalue weighted by Crippen LogP contribution is 2.32. The third kappa shape index (κ3) is 2.53. The number of ether oxygens (including phenoxy) is 2. The van der Waals surface area contributed by atoms with Crippen molar-refractivity contribution in [2.75, 3.05) is 20.0 Å². The standard InChI is InChI=1S/C12H14NO3/c1-8(7-14)4-9-5-11(15-2)12(16-3)6-10(9)13/h4-6H,13H2,1-3H3. The van der Waals surface area contributed by atoms with Crippen LogP contribution in [0.15, 0.2) is 17.7 Å². The average molecular weight is 220 g/mol. The van der Waals surface area contributed by atoms with Crippen molar-refractivity contribution in [2.45, 2.75) is 6.92 Å². The summed E-state index contributed by atoms with van der Waals surface area (Å²) in [4.78, 5) is 10.4. The minimum absolute atomic E-state index is 0.471. The number of hydrogen-bond acceptors (Lipinski definition) is 4. The Morgan fingerprint density at radius 3 is 2.38 bits per heavy atom. The lowest BCUT2D eigenvalue weighted by Gasteiger charge is -2.10. The molecule has 85 valence electrons. The molecule has 0 unspecified atom stereocenters. The highest BCUT2D eigenvalue weighted by Gasteiger charge is 2.07. The van der Waals surface area contributed by atoms with Gasteiger partial charge in [0, 0.05) is 22.9 Å². The van der Waals surface area contributed by atoms with Crippen LogP contribution in [-0.2, 0) is 4.79 Å². The van der Waals surface area contributed by atoms with Crippen molar-refractivity contribution in [3.8, 4) is 11.5 Å². The highest BCUT2D eigenvalue weighted by molar-refractivity contribution is 5.84. The molecule has 0 aromatic heterocycles. The van der Waals surface area contributed by atoms with Crippen molar-refractivity contribution in [2.24, 2.45) is 0 Å². The smallest absolute Gasteiger partial charge is 0.228 e. The van der Waals surface area contributed by atoms with Crippen LogP contribution in [0.25, 0.3) is 6.08 Å². The molecule has 4 nitrogen and oxygen atoms in total. The van der Waals surface area contributed by atoms with Crippen molar-refractivity contribution in [1.29, 1.82) is 0 Å². The molecule has 0 spiro atoms. The summed E-state index contributed by atoms with van der Waals surface area (Å²) in [6, 6.07) is 3.37. The SMILES string of the molecule is COc1cc(N)c(C=C(C)[C]=O)cc1OC. The van der Waals surface area contributed by atoms with Gasteiger partial charge in [-0.05, 0) is 19.1 Å². The van der Waals surface area contributed by atoms with Gasteiger partial charge in [0.2, 0.25) is 6.29 Å². The topological polar surface area (TPSA) is 61.5 Å². The van der Waals surface area contributed by atoms with Crippen molar-refractivity contribution < 1.29 is 14.3 Å². The summed E-state index contributed by atoms with van der Waals surface area (Å²) in [6.45, 7) is 1.66. The molecule has 4 heteroatoms. The van der Waals surface area contributed by atoms with E-state index in [9.17, 15) is 4.79 Å². The van der Waals surface area contributed by atoms with Crippen LogP contribution in [0.4, 0.5) is 5.69 Å². The van der Waals surface area contributed by atoms with Crippen LogP contribution in [0.2, 0.25) is 0 Å². The maximum atomic E-state index is 10.4. The lowest BCUT2D eigenvalue weighted by atomic mass is 10.1. The zero-order valence-corrected chi connectivity index (χ0v) is 9.53. The lowest BCUT2D eigenvalue weighted by Crippen LogP contribution is -1.96. The maximum absolute atomic E-state index is 10.4. The van der Waals surface area contributed by atoms with Crippen molar-refractivity contribution in [3.05, 3.63) is 23.3 Å². The van der Waals surface area contributed by atoms with Crippen LogP contribution in [0.3, 0.4) is 0 Å². The number of methoxy groups -OCH3 is 2. The third-order valence-electron chi connectivity index (χ3n) is 2.12. The van der Waals surface area contributed by atoms with Crippen molar-refractivity contribution in [3.63, 3.8) is 0 Å². The zero-order valence-electron chi connectivity index (χ0n) is 9.53. The van der Waals surface area contributed by atoms with Gasteiger partial charge in [-0.2, -0.15) is 0 Å². The van der Waals surface area contributed by atoms with Gasteiger partial charge in [-0.15, -0.1) is 0 Å². The second-order valence-corrected chi connectivity index (χ2v) is 3.27. The van der Waals surface area contributed by atoms with Gasteiger partial charge in [0.15, 0.2) is 11.5 Å². The molecular weight excluding hydrogens is 206 g/mol. The molecule has 0 fully saturated rings. The molecule has 1 aromatic rings. The van der Waals surface area contributed by atoms with E-state index in [1.807, 2.05) is 0 Å². The Morgan fingerprint density at radius 2 is 1.88 bits per heavy atom. The van der Waals surface area contributed by atoms with E-state index in [4.69, 9.17) is 15.2 Å². The van der Waals surface area contributed by atoms with E-state index in [2.05, 4.69) is 0 Å². The third-order valence-corrected chi connectivity index (χ3v) is 2.12. The Morgan fingerprint density at radius 1 is 1.31 bits per heavy atom. The molecule has 1 rings (SSSR count). The number of benzene rings is 1. The first-order valence-electron chi connectivity index (χ1n) is 4.70. The first kappa shape index (κ1) is 12.1. The lowest BCUT2D eigenvalue weighted by molar-refractivity contribution is 0.355. The van der Waals surface area contributed by atoms with Crippen LogP contribution in [0, 0.1) is 0 Å². The average Bonchev–Trinajstić information content (AvgIpc) is 2.30. The number of allylic oxidation sites excluding steroid dienone is 1.